The minimum atomic E-state index is -0.456. The molecule has 1 N–H and O–H groups in total. The summed E-state index contributed by atoms with van der Waals surface area (Å²) < 4.78 is 4.76. The van der Waals surface area contributed by atoms with Crippen molar-refractivity contribution < 1.29 is 14.3 Å². The quantitative estimate of drug-likeness (QED) is 0.395. The van der Waals surface area contributed by atoms with E-state index in [9.17, 15) is 9.59 Å². The number of carbonyl (C=O) groups is 2. The van der Waals surface area contributed by atoms with Crippen LogP contribution in [-0.2, 0) is 9.53 Å². The zero-order chi connectivity index (χ0) is 17.5. The third-order valence-corrected chi connectivity index (χ3v) is 7.99. The van der Waals surface area contributed by atoms with E-state index in [2.05, 4.69) is 10.3 Å². The van der Waals surface area contributed by atoms with Gasteiger partial charge in [-0.15, -0.1) is 11.3 Å². The molecule has 2 rings (SSSR count). The van der Waals surface area contributed by atoms with Crippen LogP contribution >= 0.6 is 32.9 Å². The minimum absolute atomic E-state index is 0.0380. The summed E-state index contributed by atoms with van der Waals surface area (Å²) in [6.07, 6.45) is 4.93. The summed E-state index contributed by atoms with van der Waals surface area (Å²) in [6.45, 7) is 3.98. The second-order valence-electron chi connectivity index (χ2n) is 6.00. The summed E-state index contributed by atoms with van der Waals surface area (Å²) in [4.78, 5) is 28.9. The zero-order valence-electron chi connectivity index (χ0n) is 14.3. The molecular weight excluding hydrogens is 364 g/mol. The largest absolute Gasteiger partial charge is 0.464 e. The third kappa shape index (κ3) is 5.67. The fraction of sp³-hybridized carbons (Fsp3) is 0.688. The van der Waals surface area contributed by atoms with Gasteiger partial charge in [-0.2, -0.15) is 0 Å². The minimum Gasteiger partial charge on any atom is -0.464 e. The number of nitrogens with zero attached hydrogens (tertiary/aromatic N) is 1. The third-order valence-electron chi connectivity index (χ3n) is 3.71. The normalized spacial score (nSPS) is 17.2. The van der Waals surface area contributed by atoms with E-state index in [1.54, 1.807) is 0 Å². The Morgan fingerprint density at radius 1 is 1.38 bits per heavy atom. The Hall–Kier alpha value is -0.730. The van der Waals surface area contributed by atoms with Gasteiger partial charge < -0.3 is 10.1 Å². The highest BCUT2D eigenvalue weighted by molar-refractivity contribution is 8.77. The Morgan fingerprint density at radius 3 is 2.79 bits per heavy atom. The smallest absolute Gasteiger partial charge is 0.357 e. The number of aromatic nitrogens is 1. The monoisotopic (exact) mass is 388 g/mol. The predicted molar refractivity (Wildman–Crippen MR) is 103 cm³/mol. The Labute approximate surface area is 155 Å². The van der Waals surface area contributed by atoms with Crippen LogP contribution in [0.5, 0.6) is 0 Å². The number of hydrogen-bond acceptors (Lipinski definition) is 7. The first kappa shape index (κ1) is 19.6. The van der Waals surface area contributed by atoms with E-state index in [-0.39, 0.29) is 11.8 Å². The van der Waals surface area contributed by atoms with Gasteiger partial charge in [0.1, 0.15) is 0 Å². The van der Waals surface area contributed by atoms with Gasteiger partial charge in [-0.25, -0.2) is 9.78 Å². The Morgan fingerprint density at radius 2 is 2.17 bits per heavy atom. The summed E-state index contributed by atoms with van der Waals surface area (Å²) in [5.74, 6) is 0.913. The maximum Gasteiger partial charge on any atom is 0.357 e. The van der Waals surface area contributed by atoms with Crippen LogP contribution in [-0.4, -0.2) is 35.0 Å². The second kappa shape index (κ2) is 9.68. The average Bonchev–Trinajstić information content (AvgIpc) is 3.20. The molecule has 0 saturated carbocycles. The first-order valence-corrected chi connectivity index (χ1v) is 11.4. The molecule has 0 unspecified atom stereocenters. The second-order valence-corrected chi connectivity index (χ2v) is 9.82. The van der Waals surface area contributed by atoms with Crippen LogP contribution in [0.1, 0.15) is 67.2 Å². The molecule has 0 bridgehead atoms. The van der Waals surface area contributed by atoms with E-state index >= 15 is 0 Å². The van der Waals surface area contributed by atoms with Gasteiger partial charge in [0.2, 0.25) is 5.91 Å². The van der Waals surface area contributed by atoms with Gasteiger partial charge in [-0.05, 0) is 25.2 Å². The Kier molecular flexibility index (Phi) is 7.90. The fourth-order valence-corrected chi connectivity index (χ4v) is 6.42. The first-order valence-electron chi connectivity index (χ1n) is 8.18. The fourth-order valence-electron chi connectivity index (χ4n) is 2.42. The maximum atomic E-state index is 12.1. The molecule has 24 heavy (non-hydrogen) atoms. The number of thiazole rings is 1. The lowest BCUT2D eigenvalue weighted by atomic mass is 10.1. The number of carbonyl (C=O) groups excluding carboxylic acids is 2. The zero-order valence-corrected chi connectivity index (χ0v) is 16.7. The number of rotatable bonds is 8. The number of hydrogen-bond donors (Lipinski definition) is 1. The number of amides is 1. The molecule has 2 heterocycles. The SMILES string of the molecule is COC(=O)c1nc(NC(=O)CCCC[C@@H]2CCSS2)sc1C(C)C. The number of esters is 1. The lowest BCUT2D eigenvalue weighted by Crippen LogP contribution is -2.12. The van der Waals surface area contributed by atoms with Gasteiger partial charge in [0, 0.05) is 22.3 Å². The van der Waals surface area contributed by atoms with Gasteiger partial charge >= 0.3 is 5.97 Å². The molecule has 0 spiro atoms. The molecule has 8 heteroatoms. The summed E-state index contributed by atoms with van der Waals surface area (Å²) in [5, 5.41) is 4.05. The number of nitrogens with one attached hydrogen (secondary N) is 1. The highest BCUT2D eigenvalue weighted by Crippen LogP contribution is 2.39. The van der Waals surface area contributed by atoms with Gasteiger partial charge in [-0.3, -0.25) is 4.79 Å². The van der Waals surface area contributed by atoms with Crippen LogP contribution in [0.2, 0.25) is 0 Å². The summed E-state index contributed by atoms with van der Waals surface area (Å²) in [7, 11) is 5.27. The number of unbranched alkanes of at least 4 members (excludes halogenated alkanes) is 1. The molecule has 1 atom stereocenters. The van der Waals surface area contributed by atoms with Crippen molar-refractivity contribution in [2.75, 3.05) is 18.2 Å². The molecule has 1 fully saturated rings. The van der Waals surface area contributed by atoms with E-state index in [0.29, 0.717) is 17.2 Å². The van der Waals surface area contributed by atoms with E-state index in [4.69, 9.17) is 4.74 Å². The van der Waals surface area contributed by atoms with E-state index < -0.39 is 5.97 Å². The van der Waals surface area contributed by atoms with Crippen LogP contribution in [0.3, 0.4) is 0 Å². The average molecular weight is 389 g/mol. The van der Waals surface area contributed by atoms with Crippen LogP contribution < -0.4 is 5.32 Å². The predicted octanol–water partition coefficient (Wildman–Crippen LogP) is 4.71. The van der Waals surface area contributed by atoms with Crippen LogP contribution in [0.15, 0.2) is 0 Å². The highest BCUT2D eigenvalue weighted by atomic mass is 33.1. The van der Waals surface area contributed by atoms with Crippen molar-refractivity contribution in [1.82, 2.24) is 4.98 Å². The first-order chi connectivity index (χ1) is 11.5. The molecule has 1 amide bonds. The van der Waals surface area contributed by atoms with Gasteiger partial charge in [0.05, 0.1) is 7.11 Å². The molecule has 1 aliphatic rings. The molecule has 0 aromatic carbocycles. The molecule has 1 aromatic rings. The topological polar surface area (TPSA) is 68.3 Å². The van der Waals surface area contributed by atoms with Crippen LogP contribution in [0, 0.1) is 0 Å². The Balaban J connectivity index is 1.81. The van der Waals surface area contributed by atoms with Gasteiger partial charge in [0.15, 0.2) is 10.8 Å². The lowest BCUT2D eigenvalue weighted by Gasteiger charge is -2.06. The van der Waals surface area contributed by atoms with Gasteiger partial charge in [0.25, 0.3) is 0 Å². The Bertz CT molecular complexity index is 569. The maximum absolute atomic E-state index is 12.1. The van der Waals surface area contributed by atoms with Crippen molar-refractivity contribution in [3.8, 4) is 0 Å². The standard InChI is InChI=1S/C16H24N2O3S3/c1-10(2)14-13(15(20)21-3)18-16(23-14)17-12(19)7-5-4-6-11-8-9-22-24-11/h10-11H,4-9H2,1-3H3,(H,17,18,19)/t11-/m1/s1. The number of ether oxygens (including phenoxy) is 1. The molecule has 1 aromatic heterocycles. The van der Waals surface area contributed by atoms with Crippen LogP contribution in [0.25, 0.3) is 0 Å². The van der Waals surface area contributed by atoms with Crippen molar-refractivity contribution >= 4 is 49.9 Å². The van der Waals surface area contributed by atoms with Crippen molar-refractivity contribution in [3.63, 3.8) is 0 Å². The van der Waals surface area contributed by atoms with E-state index in [1.165, 1.54) is 37.0 Å². The highest BCUT2D eigenvalue weighted by Gasteiger charge is 2.22. The molecule has 0 radical (unpaired) electrons. The van der Waals surface area contributed by atoms with Crippen molar-refractivity contribution in [2.45, 2.75) is 57.1 Å². The molecule has 0 aliphatic carbocycles. The molecule has 1 aliphatic heterocycles. The number of methoxy groups -OCH3 is 1. The molecular formula is C16H24N2O3S3. The molecule has 134 valence electrons. The lowest BCUT2D eigenvalue weighted by molar-refractivity contribution is -0.116. The number of anilines is 1. The van der Waals surface area contributed by atoms with Gasteiger partial charge in [-0.1, -0.05) is 41.9 Å². The summed E-state index contributed by atoms with van der Waals surface area (Å²) in [6, 6.07) is 0. The van der Waals surface area contributed by atoms with Crippen molar-refractivity contribution in [1.29, 1.82) is 0 Å². The van der Waals surface area contributed by atoms with E-state index in [1.807, 2.05) is 35.4 Å². The van der Waals surface area contributed by atoms with Crippen molar-refractivity contribution in [2.24, 2.45) is 0 Å². The molecule has 5 nitrogen and oxygen atoms in total. The molecule has 1 saturated heterocycles. The van der Waals surface area contributed by atoms with E-state index in [0.717, 1.165) is 23.0 Å². The van der Waals surface area contributed by atoms with Crippen molar-refractivity contribution in [3.05, 3.63) is 10.6 Å². The summed E-state index contributed by atoms with van der Waals surface area (Å²) >= 11 is 1.35. The van der Waals surface area contributed by atoms with Crippen LogP contribution in [0.4, 0.5) is 5.13 Å². The summed E-state index contributed by atoms with van der Waals surface area (Å²) in [5.41, 5.74) is 0.309.